The SMILES string of the molecule is COC(=O)c1cc(-c2coc3c(ccc4oc(=O)c(-c5ccc[nH]5)cc43)c2=O)c(C)o1. The normalized spacial score (nSPS) is 11.3. The summed E-state index contributed by atoms with van der Waals surface area (Å²) in [6.07, 6.45) is 3.01. The van der Waals surface area contributed by atoms with Gasteiger partial charge in [-0.2, -0.15) is 0 Å². The molecule has 0 fully saturated rings. The highest BCUT2D eigenvalue weighted by atomic mass is 16.5. The van der Waals surface area contributed by atoms with Crippen LogP contribution in [0.15, 0.2) is 71.7 Å². The summed E-state index contributed by atoms with van der Waals surface area (Å²) in [5.74, 6) is -0.268. The minimum Gasteiger partial charge on any atom is -0.463 e. The van der Waals surface area contributed by atoms with Crippen LogP contribution in [0.5, 0.6) is 0 Å². The maximum absolute atomic E-state index is 13.2. The van der Waals surface area contributed by atoms with E-state index in [-0.39, 0.29) is 22.3 Å². The summed E-state index contributed by atoms with van der Waals surface area (Å²) in [5.41, 5.74) is 1.37. The van der Waals surface area contributed by atoms with E-state index in [2.05, 4.69) is 9.72 Å². The molecule has 8 heteroatoms. The Morgan fingerprint density at radius 3 is 2.58 bits per heavy atom. The fourth-order valence-corrected chi connectivity index (χ4v) is 3.61. The van der Waals surface area contributed by atoms with Gasteiger partial charge in [0, 0.05) is 11.8 Å². The predicted molar refractivity (Wildman–Crippen MR) is 112 cm³/mol. The van der Waals surface area contributed by atoms with Crippen molar-refractivity contribution in [1.82, 2.24) is 4.98 Å². The number of carbonyl (C=O) groups is 1. The number of nitrogens with one attached hydrogen (secondary N) is 1. The lowest BCUT2D eigenvalue weighted by atomic mass is 10.0. The van der Waals surface area contributed by atoms with Crippen LogP contribution in [0.2, 0.25) is 0 Å². The molecule has 0 bridgehead atoms. The number of methoxy groups -OCH3 is 1. The van der Waals surface area contributed by atoms with Crippen LogP contribution in [-0.4, -0.2) is 18.1 Å². The number of aryl methyl sites for hydroxylation is 1. The molecule has 31 heavy (non-hydrogen) atoms. The van der Waals surface area contributed by atoms with Crippen molar-refractivity contribution in [2.75, 3.05) is 7.11 Å². The van der Waals surface area contributed by atoms with Crippen LogP contribution in [0.4, 0.5) is 0 Å². The molecule has 0 spiro atoms. The average Bonchev–Trinajstić information content (AvgIpc) is 3.43. The highest BCUT2D eigenvalue weighted by Gasteiger charge is 2.20. The van der Waals surface area contributed by atoms with Gasteiger partial charge in [0.1, 0.15) is 23.2 Å². The first kappa shape index (κ1) is 18.7. The molecule has 5 rings (SSSR count). The van der Waals surface area contributed by atoms with E-state index < -0.39 is 11.6 Å². The molecule has 1 aromatic carbocycles. The van der Waals surface area contributed by atoms with Crippen molar-refractivity contribution < 1.29 is 22.8 Å². The second-order valence-corrected chi connectivity index (χ2v) is 6.94. The van der Waals surface area contributed by atoms with Gasteiger partial charge in [-0.1, -0.05) is 0 Å². The van der Waals surface area contributed by atoms with Crippen molar-refractivity contribution in [2.45, 2.75) is 6.92 Å². The number of aromatic amines is 1. The Morgan fingerprint density at radius 1 is 1.00 bits per heavy atom. The first-order chi connectivity index (χ1) is 15.0. The number of hydrogen-bond donors (Lipinski definition) is 1. The number of fused-ring (bicyclic) bond motifs is 3. The van der Waals surface area contributed by atoms with E-state index in [1.807, 2.05) is 0 Å². The molecule has 0 aliphatic rings. The summed E-state index contributed by atoms with van der Waals surface area (Å²) in [6.45, 7) is 1.64. The highest BCUT2D eigenvalue weighted by Crippen LogP contribution is 2.30. The molecule has 0 aliphatic heterocycles. The van der Waals surface area contributed by atoms with Crippen LogP contribution in [0.1, 0.15) is 16.3 Å². The Morgan fingerprint density at radius 2 is 1.84 bits per heavy atom. The molecule has 154 valence electrons. The van der Waals surface area contributed by atoms with Gasteiger partial charge in [0.05, 0.1) is 34.7 Å². The standard InChI is InChI=1S/C23H15NO7/c1-11-13(9-19(30-11)23(27)28-2)16-10-29-21-12(20(16)25)5-6-18-15(21)8-14(22(26)31-18)17-4-3-7-24-17/h3-10,24H,1-2H3. The number of carbonyl (C=O) groups excluding carboxylic acids is 1. The van der Waals surface area contributed by atoms with Crippen molar-refractivity contribution in [1.29, 1.82) is 0 Å². The van der Waals surface area contributed by atoms with E-state index in [1.165, 1.54) is 19.4 Å². The van der Waals surface area contributed by atoms with Gasteiger partial charge in [0.15, 0.2) is 0 Å². The summed E-state index contributed by atoms with van der Waals surface area (Å²) in [5, 5.41) is 0.793. The number of rotatable bonds is 3. The number of hydrogen-bond acceptors (Lipinski definition) is 7. The second-order valence-electron chi connectivity index (χ2n) is 6.94. The Bertz CT molecular complexity index is 1580. The molecule has 4 aromatic heterocycles. The van der Waals surface area contributed by atoms with E-state index in [1.54, 1.807) is 43.5 Å². The van der Waals surface area contributed by atoms with Crippen LogP contribution in [0, 0.1) is 6.92 Å². The predicted octanol–water partition coefficient (Wildman–Crippen LogP) is 4.25. The highest BCUT2D eigenvalue weighted by molar-refractivity contribution is 6.03. The quantitative estimate of drug-likeness (QED) is 0.265. The molecule has 8 nitrogen and oxygen atoms in total. The Hall–Kier alpha value is -4.33. The fourth-order valence-electron chi connectivity index (χ4n) is 3.61. The second kappa shape index (κ2) is 6.88. The lowest BCUT2D eigenvalue weighted by Gasteiger charge is -2.05. The third kappa shape index (κ3) is 2.88. The van der Waals surface area contributed by atoms with Gasteiger partial charge >= 0.3 is 11.6 Å². The number of ether oxygens (including phenoxy) is 1. The van der Waals surface area contributed by atoms with Gasteiger partial charge in [-0.3, -0.25) is 4.79 Å². The Balaban J connectivity index is 1.75. The van der Waals surface area contributed by atoms with Gasteiger partial charge in [0.2, 0.25) is 11.2 Å². The van der Waals surface area contributed by atoms with Crippen molar-refractivity contribution in [3.05, 3.63) is 81.0 Å². The smallest absolute Gasteiger partial charge is 0.373 e. The maximum Gasteiger partial charge on any atom is 0.373 e. The Labute approximate surface area is 173 Å². The number of furan rings is 1. The summed E-state index contributed by atoms with van der Waals surface area (Å²) >= 11 is 0. The van der Waals surface area contributed by atoms with Gasteiger partial charge in [0.25, 0.3) is 0 Å². The molecule has 0 amide bonds. The molecular formula is C23H15NO7. The van der Waals surface area contributed by atoms with Gasteiger partial charge < -0.3 is 23.0 Å². The lowest BCUT2D eigenvalue weighted by Crippen LogP contribution is -2.07. The molecule has 0 aliphatic carbocycles. The summed E-state index contributed by atoms with van der Waals surface area (Å²) in [4.78, 5) is 40.3. The number of H-pyrrole nitrogens is 1. The summed E-state index contributed by atoms with van der Waals surface area (Å²) in [6, 6.07) is 9.70. The van der Waals surface area contributed by atoms with Gasteiger partial charge in [-0.05, 0) is 43.3 Å². The molecule has 4 heterocycles. The van der Waals surface area contributed by atoms with Crippen molar-refractivity contribution >= 4 is 27.9 Å². The zero-order valence-electron chi connectivity index (χ0n) is 16.5. The van der Waals surface area contributed by atoms with E-state index in [0.29, 0.717) is 38.9 Å². The molecule has 0 saturated carbocycles. The Kier molecular flexibility index (Phi) is 4.14. The van der Waals surface area contributed by atoms with E-state index >= 15 is 0 Å². The topological polar surface area (TPSA) is 116 Å². The molecule has 0 atom stereocenters. The molecular weight excluding hydrogens is 402 g/mol. The monoisotopic (exact) mass is 417 g/mol. The van der Waals surface area contributed by atoms with Gasteiger partial charge in [-0.25, -0.2) is 9.59 Å². The van der Waals surface area contributed by atoms with Crippen LogP contribution < -0.4 is 11.1 Å². The molecule has 5 aromatic rings. The van der Waals surface area contributed by atoms with E-state index in [4.69, 9.17) is 13.3 Å². The first-order valence-corrected chi connectivity index (χ1v) is 9.33. The van der Waals surface area contributed by atoms with Crippen LogP contribution in [-0.2, 0) is 4.74 Å². The molecule has 0 saturated heterocycles. The fraction of sp³-hybridized carbons (Fsp3) is 0.0870. The summed E-state index contributed by atoms with van der Waals surface area (Å²) in [7, 11) is 1.25. The number of aromatic nitrogens is 1. The van der Waals surface area contributed by atoms with E-state index in [0.717, 1.165) is 0 Å². The van der Waals surface area contributed by atoms with Crippen LogP contribution in [0.25, 0.3) is 44.3 Å². The van der Waals surface area contributed by atoms with Gasteiger partial charge in [-0.15, -0.1) is 0 Å². The zero-order chi connectivity index (χ0) is 21.7. The van der Waals surface area contributed by atoms with Crippen molar-refractivity contribution in [2.24, 2.45) is 0 Å². The zero-order valence-corrected chi connectivity index (χ0v) is 16.5. The third-order valence-electron chi connectivity index (χ3n) is 5.13. The molecule has 0 radical (unpaired) electrons. The minimum absolute atomic E-state index is 0.00891. The third-order valence-corrected chi connectivity index (χ3v) is 5.13. The molecule has 0 unspecified atom stereocenters. The van der Waals surface area contributed by atoms with Crippen LogP contribution in [0.3, 0.4) is 0 Å². The first-order valence-electron chi connectivity index (χ1n) is 9.33. The van der Waals surface area contributed by atoms with Crippen LogP contribution >= 0.6 is 0 Å². The van der Waals surface area contributed by atoms with Crippen molar-refractivity contribution in [3.8, 4) is 22.4 Å². The van der Waals surface area contributed by atoms with Crippen molar-refractivity contribution in [3.63, 3.8) is 0 Å². The number of benzene rings is 1. The van der Waals surface area contributed by atoms with E-state index in [9.17, 15) is 14.4 Å². The maximum atomic E-state index is 13.2. The average molecular weight is 417 g/mol. The largest absolute Gasteiger partial charge is 0.463 e. The lowest BCUT2D eigenvalue weighted by molar-refractivity contribution is 0.0563. The minimum atomic E-state index is -0.641. The summed E-state index contributed by atoms with van der Waals surface area (Å²) < 4.78 is 21.3. The number of esters is 1. The molecule has 1 N–H and O–H groups in total.